The Kier molecular flexibility index (Phi) is 23.7. The lowest BCUT2D eigenvalue weighted by molar-refractivity contribution is -0.145. The molecular weight excluding hydrogens is 809 g/mol. The predicted molar refractivity (Wildman–Crippen MR) is 242 cm³/mol. The monoisotopic (exact) mass is 868 g/mol. The maximum atomic E-state index is 12.0. The van der Waals surface area contributed by atoms with Crippen LogP contribution in [0.15, 0.2) is 97.1 Å². The first kappa shape index (κ1) is 50.6. The molecule has 4 rings (SSSR count). The zero-order valence-electron chi connectivity index (χ0n) is 36.6. The van der Waals surface area contributed by atoms with Crippen LogP contribution in [0.1, 0.15) is 87.5 Å². The van der Waals surface area contributed by atoms with Gasteiger partial charge in [-0.25, -0.2) is 9.59 Å². The third kappa shape index (κ3) is 23.2. The van der Waals surface area contributed by atoms with Gasteiger partial charge < -0.3 is 34.3 Å². The van der Waals surface area contributed by atoms with Crippen LogP contribution >= 0.6 is 0 Å². The molecule has 0 aliphatic rings. The van der Waals surface area contributed by atoms with Crippen molar-refractivity contribution in [2.75, 3.05) is 61.9 Å². The minimum Gasteiger partial charge on any atom is -0.469 e. The first-order valence-corrected chi connectivity index (χ1v) is 20.9. The third-order valence-electron chi connectivity index (χ3n) is 9.02. The van der Waals surface area contributed by atoms with Crippen LogP contribution in [0, 0.1) is 0 Å². The van der Waals surface area contributed by atoms with E-state index in [0.717, 1.165) is 59.3 Å². The van der Waals surface area contributed by atoms with Crippen molar-refractivity contribution in [1.82, 2.24) is 0 Å². The molecule has 0 saturated heterocycles. The number of rotatable bonds is 23. The summed E-state index contributed by atoms with van der Waals surface area (Å²) in [5.74, 6) is -0.775. The summed E-state index contributed by atoms with van der Waals surface area (Å²) >= 11 is 0. The van der Waals surface area contributed by atoms with Gasteiger partial charge >= 0.3 is 24.1 Å². The summed E-state index contributed by atoms with van der Waals surface area (Å²) in [6, 6.07) is 30.5. The van der Waals surface area contributed by atoms with Crippen molar-refractivity contribution in [3.63, 3.8) is 0 Å². The van der Waals surface area contributed by atoms with Gasteiger partial charge in [0.1, 0.15) is 0 Å². The molecule has 0 aliphatic heterocycles. The smallest absolute Gasteiger partial charge is 0.411 e. The van der Waals surface area contributed by atoms with Gasteiger partial charge in [0, 0.05) is 63.2 Å². The van der Waals surface area contributed by atoms with Gasteiger partial charge in [-0.2, -0.15) is 0 Å². The van der Waals surface area contributed by atoms with Crippen molar-refractivity contribution in [3.05, 3.63) is 119 Å². The van der Waals surface area contributed by atoms with E-state index in [1.165, 1.54) is 21.0 Å². The summed E-state index contributed by atoms with van der Waals surface area (Å²) in [4.78, 5) is 68.5. The van der Waals surface area contributed by atoms with Crippen molar-refractivity contribution in [3.8, 4) is 0 Å². The number of esters is 2. The van der Waals surface area contributed by atoms with Crippen LogP contribution < -0.4 is 21.3 Å². The third-order valence-corrected chi connectivity index (χ3v) is 9.02. The first-order chi connectivity index (χ1) is 30.4. The molecule has 0 bridgehead atoms. The van der Waals surface area contributed by atoms with Gasteiger partial charge in [0.25, 0.3) is 0 Å². The van der Waals surface area contributed by atoms with Crippen molar-refractivity contribution in [1.29, 1.82) is 0 Å². The van der Waals surface area contributed by atoms with Crippen LogP contribution in [0.3, 0.4) is 0 Å². The van der Waals surface area contributed by atoms with E-state index in [9.17, 15) is 28.8 Å². The summed E-state index contributed by atoms with van der Waals surface area (Å²) < 4.78 is 24.9. The molecular formula is C48H60N4O11. The molecule has 0 fully saturated rings. The highest BCUT2D eigenvalue weighted by atomic mass is 16.6. The Labute approximate surface area is 369 Å². The molecule has 0 saturated carbocycles. The molecule has 0 aliphatic carbocycles. The zero-order chi connectivity index (χ0) is 45.7. The standard InChI is InChI=1S/C27H34N2O7.C21H26N2O4/c1-20(30)28-23-13-9-21(10-14-23)19-22-11-15-24(16-12-22)29-27(33)36-18-6-5-17-35-26(32)8-4-3-7-25(31)34-2;1-16(24)22-19-9-5-17(6-10-19)15-18-7-11-20(12-8-18)23-21(25)27-14-4-3-13-26-2/h9-16H,3-8,17-19H2,1-2H3,(H,28,30)(H,29,33);5-12H,3-4,13-15H2,1-2H3,(H,22,24)(H,23,25). The number of methoxy groups -OCH3 is 2. The molecule has 0 radical (unpaired) electrons. The highest BCUT2D eigenvalue weighted by Gasteiger charge is 2.08. The number of carbonyl (C=O) groups excluding carboxylic acids is 6. The Balaban J connectivity index is 0.000000349. The molecule has 15 heteroatoms. The van der Waals surface area contributed by atoms with Crippen LogP contribution in [0.2, 0.25) is 0 Å². The van der Waals surface area contributed by atoms with Gasteiger partial charge in [0.05, 0.1) is 26.9 Å². The quantitative estimate of drug-likeness (QED) is 0.0315. The Bertz CT molecular complexity index is 2000. The molecule has 4 amide bonds. The second-order valence-electron chi connectivity index (χ2n) is 14.4. The second-order valence-corrected chi connectivity index (χ2v) is 14.4. The number of ether oxygens (including phenoxy) is 5. The van der Waals surface area contributed by atoms with Crippen LogP contribution in [0.25, 0.3) is 0 Å². The van der Waals surface area contributed by atoms with Crippen molar-refractivity contribution in [2.24, 2.45) is 0 Å². The highest BCUT2D eigenvalue weighted by molar-refractivity contribution is 5.89. The molecule has 0 spiro atoms. The van der Waals surface area contributed by atoms with Crippen LogP contribution in [0.5, 0.6) is 0 Å². The maximum absolute atomic E-state index is 12.0. The van der Waals surface area contributed by atoms with Gasteiger partial charge in [0.2, 0.25) is 11.8 Å². The van der Waals surface area contributed by atoms with E-state index in [1.807, 2.05) is 97.1 Å². The van der Waals surface area contributed by atoms with E-state index in [2.05, 4.69) is 26.0 Å². The average molecular weight is 869 g/mol. The van der Waals surface area contributed by atoms with Crippen molar-refractivity contribution < 1.29 is 52.5 Å². The normalized spacial score (nSPS) is 10.3. The van der Waals surface area contributed by atoms with Crippen LogP contribution in [-0.4, -0.2) is 76.6 Å². The Hall–Kier alpha value is -6.74. The molecule has 0 unspecified atom stereocenters. The lowest BCUT2D eigenvalue weighted by Crippen LogP contribution is -2.15. The zero-order valence-corrected chi connectivity index (χ0v) is 36.6. The minimum absolute atomic E-state index is 0.0839. The van der Waals surface area contributed by atoms with Crippen molar-refractivity contribution in [2.45, 2.75) is 78.1 Å². The lowest BCUT2D eigenvalue weighted by atomic mass is 10.0. The lowest BCUT2D eigenvalue weighted by Gasteiger charge is -2.09. The summed E-state index contributed by atoms with van der Waals surface area (Å²) in [5, 5.41) is 10.9. The van der Waals surface area contributed by atoms with Gasteiger partial charge in [-0.15, -0.1) is 0 Å². The van der Waals surface area contributed by atoms with Gasteiger partial charge in [-0.3, -0.25) is 29.8 Å². The van der Waals surface area contributed by atoms with Crippen LogP contribution in [0.4, 0.5) is 32.3 Å². The number of nitrogens with one attached hydrogen (secondary N) is 4. The number of carbonyl (C=O) groups is 6. The van der Waals surface area contributed by atoms with E-state index in [4.69, 9.17) is 18.9 Å². The summed E-state index contributed by atoms with van der Waals surface area (Å²) in [7, 11) is 2.99. The van der Waals surface area contributed by atoms with Crippen LogP contribution in [-0.2, 0) is 55.7 Å². The van der Waals surface area contributed by atoms with Gasteiger partial charge in [-0.05, 0) is 122 Å². The molecule has 15 nitrogen and oxygen atoms in total. The summed E-state index contributed by atoms with van der Waals surface area (Å²) in [6.45, 7) is 4.48. The maximum Gasteiger partial charge on any atom is 0.411 e. The SMILES string of the molecule is COC(=O)CCCCC(=O)OCCCCOC(=O)Nc1ccc(Cc2ccc(NC(C)=O)cc2)cc1.COCCCCOC(=O)Nc1ccc(Cc2ccc(NC(C)=O)cc2)cc1. The van der Waals surface area contributed by atoms with E-state index >= 15 is 0 Å². The van der Waals surface area contributed by atoms with E-state index < -0.39 is 12.2 Å². The van der Waals surface area contributed by atoms with E-state index in [-0.39, 0.29) is 43.4 Å². The molecule has 0 heterocycles. The highest BCUT2D eigenvalue weighted by Crippen LogP contribution is 2.18. The molecule has 4 N–H and O–H groups in total. The van der Waals surface area contributed by atoms with Crippen molar-refractivity contribution >= 4 is 58.7 Å². The summed E-state index contributed by atoms with van der Waals surface area (Å²) in [6.07, 6.45) is 5.02. The Morgan fingerprint density at radius 3 is 1.05 bits per heavy atom. The molecule has 4 aromatic carbocycles. The van der Waals surface area contributed by atoms with Gasteiger partial charge in [0.15, 0.2) is 0 Å². The largest absolute Gasteiger partial charge is 0.469 e. The molecule has 0 aromatic heterocycles. The topological polar surface area (TPSA) is 197 Å². The van der Waals surface area contributed by atoms with E-state index in [1.54, 1.807) is 7.11 Å². The number of amides is 4. The fourth-order valence-electron chi connectivity index (χ4n) is 5.79. The first-order valence-electron chi connectivity index (χ1n) is 20.9. The summed E-state index contributed by atoms with van der Waals surface area (Å²) in [5.41, 5.74) is 7.32. The number of hydrogen-bond donors (Lipinski definition) is 4. The molecule has 338 valence electrons. The number of hydrogen-bond acceptors (Lipinski definition) is 11. The number of benzene rings is 4. The minimum atomic E-state index is -0.543. The number of anilines is 4. The molecule has 63 heavy (non-hydrogen) atoms. The van der Waals surface area contributed by atoms with Gasteiger partial charge in [-0.1, -0.05) is 48.5 Å². The number of unbranched alkanes of at least 4 members (excludes halogenated alkanes) is 3. The Morgan fingerprint density at radius 1 is 0.397 bits per heavy atom. The Morgan fingerprint density at radius 2 is 0.714 bits per heavy atom. The fourth-order valence-corrected chi connectivity index (χ4v) is 5.79. The molecule has 0 atom stereocenters. The molecule has 4 aromatic rings. The predicted octanol–water partition coefficient (Wildman–Crippen LogP) is 9.05. The van der Waals surface area contributed by atoms with E-state index in [0.29, 0.717) is 56.7 Å². The fraction of sp³-hybridized carbons (Fsp3) is 0.375. The average Bonchev–Trinajstić information content (AvgIpc) is 3.26. The second kappa shape index (κ2) is 29.5.